The first-order valence-corrected chi connectivity index (χ1v) is 7.29. The quantitative estimate of drug-likeness (QED) is 0.663. The lowest BCUT2D eigenvalue weighted by atomic mass is 9.97. The zero-order chi connectivity index (χ0) is 14.2. The monoisotopic (exact) mass is 286 g/mol. The molecule has 20 heavy (non-hydrogen) atoms. The van der Waals surface area contributed by atoms with E-state index in [4.69, 9.17) is 16.3 Å². The van der Waals surface area contributed by atoms with Crippen molar-refractivity contribution in [3.05, 3.63) is 76.8 Å². The normalized spacial score (nSPS) is 11.6. The Kier molecular flexibility index (Phi) is 5.85. The summed E-state index contributed by atoms with van der Waals surface area (Å²) in [5, 5.41) is 0.777. The Morgan fingerprint density at radius 1 is 1.05 bits per heavy atom. The molecule has 0 aliphatic heterocycles. The lowest BCUT2D eigenvalue weighted by molar-refractivity contribution is 0.152. The van der Waals surface area contributed by atoms with E-state index in [1.165, 1.54) is 5.56 Å². The molecule has 0 saturated heterocycles. The molecule has 0 N–H and O–H groups in total. The van der Waals surface area contributed by atoms with Gasteiger partial charge in [0.25, 0.3) is 0 Å². The van der Waals surface area contributed by atoms with Gasteiger partial charge in [0.1, 0.15) is 0 Å². The third-order valence-corrected chi connectivity index (χ3v) is 3.39. The fourth-order valence-corrected chi connectivity index (χ4v) is 2.35. The van der Waals surface area contributed by atoms with Gasteiger partial charge >= 0.3 is 0 Å². The van der Waals surface area contributed by atoms with Crippen molar-refractivity contribution >= 4 is 17.2 Å². The summed E-state index contributed by atoms with van der Waals surface area (Å²) in [5.74, 6) is 0. The second-order valence-corrected chi connectivity index (χ2v) is 4.86. The molecule has 0 aliphatic carbocycles. The summed E-state index contributed by atoms with van der Waals surface area (Å²) in [7, 11) is 0. The molecule has 0 bridgehead atoms. The van der Waals surface area contributed by atoms with Gasteiger partial charge in [0.05, 0.1) is 6.61 Å². The van der Waals surface area contributed by atoms with Crippen molar-refractivity contribution < 1.29 is 4.74 Å². The Bertz CT molecular complexity index is 561. The minimum atomic E-state index is 0.733. The number of hydrogen-bond donors (Lipinski definition) is 0. The molecule has 2 heteroatoms. The lowest BCUT2D eigenvalue weighted by Gasteiger charge is -2.10. The maximum Gasteiger partial charge on any atom is 0.0500 e. The minimum absolute atomic E-state index is 0.733. The fraction of sp³-hybridized carbons (Fsp3) is 0.222. The molecule has 1 nitrogen and oxygen atoms in total. The Labute approximate surface area is 125 Å². The third kappa shape index (κ3) is 3.96. The number of benzene rings is 2. The zero-order valence-electron chi connectivity index (χ0n) is 11.7. The first-order valence-electron chi connectivity index (χ1n) is 6.91. The molecule has 0 saturated carbocycles. The second-order valence-electron chi connectivity index (χ2n) is 4.45. The summed E-state index contributed by atoms with van der Waals surface area (Å²) in [4.78, 5) is 0. The van der Waals surface area contributed by atoms with Crippen LogP contribution in [0.2, 0.25) is 5.02 Å². The predicted molar refractivity (Wildman–Crippen MR) is 86.1 cm³/mol. The molecule has 0 aliphatic rings. The van der Waals surface area contributed by atoms with Gasteiger partial charge in [-0.2, -0.15) is 0 Å². The van der Waals surface area contributed by atoms with Gasteiger partial charge in [-0.25, -0.2) is 0 Å². The van der Waals surface area contributed by atoms with E-state index in [2.05, 4.69) is 24.3 Å². The predicted octanol–water partition coefficient (Wildman–Crippen LogP) is 5.20. The van der Waals surface area contributed by atoms with E-state index in [9.17, 15) is 0 Å². The van der Waals surface area contributed by atoms with Crippen molar-refractivity contribution in [2.24, 2.45) is 0 Å². The average Bonchev–Trinajstić information content (AvgIpc) is 2.49. The van der Waals surface area contributed by atoms with Gasteiger partial charge in [0, 0.05) is 17.2 Å². The van der Waals surface area contributed by atoms with Crippen LogP contribution in [-0.4, -0.2) is 13.2 Å². The smallest absolute Gasteiger partial charge is 0.0500 e. The SMILES string of the molecule is CCOCCC=C(c1ccccc1)c1ccccc1Cl. The van der Waals surface area contributed by atoms with Crippen molar-refractivity contribution in [1.29, 1.82) is 0 Å². The molecule has 0 fully saturated rings. The maximum atomic E-state index is 6.34. The largest absolute Gasteiger partial charge is 0.381 e. The van der Waals surface area contributed by atoms with E-state index in [0.717, 1.165) is 35.8 Å². The first-order chi connectivity index (χ1) is 9.83. The molecule has 2 aromatic rings. The van der Waals surface area contributed by atoms with Crippen LogP contribution in [0.5, 0.6) is 0 Å². The minimum Gasteiger partial charge on any atom is -0.381 e. The Morgan fingerprint density at radius 2 is 1.75 bits per heavy atom. The van der Waals surface area contributed by atoms with Crippen LogP contribution in [0.1, 0.15) is 24.5 Å². The standard InChI is InChI=1S/C18H19ClO/c1-2-20-14-8-12-16(15-9-4-3-5-10-15)17-11-6-7-13-18(17)19/h3-7,9-13H,2,8,14H2,1H3. The molecule has 0 spiro atoms. The third-order valence-electron chi connectivity index (χ3n) is 3.06. The molecule has 0 atom stereocenters. The van der Waals surface area contributed by atoms with Gasteiger partial charge in [0.15, 0.2) is 0 Å². The van der Waals surface area contributed by atoms with Crippen molar-refractivity contribution in [1.82, 2.24) is 0 Å². The van der Waals surface area contributed by atoms with E-state index in [0.29, 0.717) is 0 Å². The van der Waals surface area contributed by atoms with Crippen molar-refractivity contribution in [3.8, 4) is 0 Å². The van der Waals surface area contributed by atoms with Crippen LogP contribution >= 0.6 is 11.6 Å². The summed E-state index contributed by atoms with van der Waals surface area (Å²) in [5.41, 5.74) is 3.41. The lowest BCUT2D eigenvalue weighted by Crippen LogP contribution is -1.94. The maximum absolute atomic E-state index is 6.34. The Morgan fingerprint density at radius 3 is 2.45 bits per heavy atom. The summed E-state index contributed by atoms with van der Waals surface area (Å²) in [6.07, 6.45) is 3.08. The van der Waals surface area contributed by atoms with Gasteiger partial charge < -0.3 is 4.74 Å². The Hall–Kier alpha value is -1.57. The fourth-order valence-electron chi connectivity index (χ4n) is 2.11. The van der Waals surface area contributed by atoms with Crippen LogP contribution in [0.4, 0.5) is 0 Å². The van der Waals surface area contributed by atoms with E-state index in [-0.39, 0.29) is 0 Å². The highest BCUT2D eigenvalue weighted by atomic mass is 35.5. The highest BCUT2D eigenvalue weighted by Crippen LogP contribution is 2.29. The first kappa shape index (κ1) is 14.8. The van der Waals surface area contributed by atoms with Gasteiger partial charge in [0.2, 0.25) is 0 Å². The second kappa shape index (κ2) is 7.88. The van der Waals surface area contributed by atoms with Gasteiger partial charge in [-0.1, -0.05) is 66.2 Å². The van der Waals surface area contributed by atoms with E-state index in [1.54, 1.807) is 0 Å². The molecule has 0 radical (unpaired) electrons. The number of hydrogen-bond acceptors (Lipinski definition) is 1. The number of rotatable bonds is 6. The van der Waals surface area contributed by atoms with Gasteiger partial charge in [-0.3, -0.25) is 0 Å². The highest BCUT2D eigenvalue weighted by molar-refractivity contribution is 6.32. The van der Waals surface area contributed by atoms with Crippen molar-refractivity contribution in [2.75, 3.05) is 13.2 Å². The van der Waals surface area contributed by atoms with Gasteiger partial charge in [-0.05, 0) is 30.5 Å². The van der Waals surface area contributed by atoms with Crippen LogP contribution < -0.4 is 0 Å². The highest BCUT2D eigenvalue weighted by Gasteiger charge is 2.07. The molecule has 104 valence electrons. The van der Waals surface area contributed by atoms with Gasteiger partial charge in [-0.15, -0.1) is 0 Å². The van der Waals surface area contributed by atoms with E-state index < -0.39 is 0 Å². The summed E-state index contributed by atoms with van der Waals surface area (Å²) in [6.45, 7) is 3.49. The molecule has 2 rings (SSSR count). The summed E-state index contributed by atoms with van der Waals surface area (Å²) in [6, 6.07) is 18.3. The molecule has 0 unspecified atom stereocenters. The molecular formula is C18H19ClO. The van der Waals surface area contributed by atoms with E-state index in [1.807, 2.05) is 43.3 Å². The molecule has 0 amide bonds. The van der Waals surface area contributed by atoms with Crippen LogP contribution in [0.25, 0.3) is 5.57 Å². The van der Waals surface area contributed by atoms with E-state index >= 15 is 0 Å². The summed E-state index contributed by atoms with van der Waals surface area (Å²) >= 11 is 6.34. The summed E-state index contributed by atoms with van der Waals surface area (Å²) < 4.78 is 5.41. The number of ether oxygens (including phenoxy) is 1. The molecule has 0 aromatic heterocycles. The molecular weight excluding hydrogens is 268 g/mol. The topological polar surface area (TPSA) is 9.23 Å². The van der Waals surface area contributed by atoms with Crippen LogP contribution in [0, 0.1) is 0 Å². The molecule has 2 aromatic carbocycles. The molecule has 0 heterocycles. The van der Waals surface area contributed by atoms with Crippen LogP contribution in [0.3, 0.4) is 0 Å². The zero-order valence-corrected chi connectivity index (χ0v) is 12.4. The van der Waals surface area contributed by atoms with Crippen molar-refractivity contribution in [2.45, 2.75) is 13.3 Å². The average molecular weight is 287 g/mol. The number of halogens is 1. The Balaban J connectivity index is 2.32. The van der Waals surface area contributed by atoms with Crippen LogP contribution in [0.15, 0.2) is 60.7 Å². The van der Waals surface area contributed by atoms with Crippen LogP contribution in [-0.2, 0) is 4.74 Å². The van der Waals surface area contributed by atoms with Crippen molar-refractivity contribution in [3.63, 3.8) is 0 Å².